The predicted molar refractivity (Wildman–Crippen MR) is 138 cm³/mol. The average Bonchev–Trinajstić information content (AvgIpc) is 2.83. The zero-order valence-corrected chi connectivity index (χ0v) is 20.7. The number of carbonyl (C=O) groups is 2. The largest absolute Gasteiger partial charge is 0.337 e. The van der Waals surface area contributed by atoms with Gasteiger partial charge in [-0.3, -0.25) is 9.59 Å². The van der Waals surface area contributed by atoms with E-state index in [2.05, 4.69) is 12.2 Å². The first-order valence-corrected chi connectivity index (χ1v) is 12.8. The zero-order valence-electron chi connectivity index (χ0n) is 20.7. The Balaban J connectivity index is 1.69. The van der Waals surface area contributed by atoms with Gasteiger partial charge in [-0.1, -0.05) is 114 Å². The number of nitrogens with zero attached hydrogens (tertiary/aromatic N) is 1. The highest BCUT2D eigenvalue weighted by Gasteiger charge is 2.17. The molecule has 0 fully saturated rings. The molecule has 0 radical (unpaired) electrons. The molecule has 0 saturated heterocycles. The molecule has 0 bridgehead atoms. The Morgan fingerprint density at radius 1 is 0.727 bits per heavy atom. The third-order valence-corrected chi connectivity index (χ3v) is 6.05. The van der Waals surface area contributed by atoms with Crippen LogP contribution in [0.3, 0.4) is 0 Å². The van der Waals surface area contributed by atoms with Gasteiger partial charge in [0.1, 0.15) is 0 Å². The van der Waals surface area contributed by atoms with Crippen molar-refractivity contribution in [1.82, 2.24) is 4.90 Å². The number of para-hydroxylation sites is 1. The van der Waals surface area contributed by atoms with E-state index in [1.807, 2.05) is 48.5 Å². The number of benzene rings is 2. The molecule has 0 aromatic heterocycles. The van der Waals surface area contributed by atoms with Crippen LogP contribution < -0.4 is 5.32 Å². The van der Waals surface area contributed by atoms with Crippen LogP contribution in [0, 0.1) is 0 Å². The summed E-state index contributed by atoms with van der Waals surface area (Å²) < 4.78 is 0. The molecule has 2 aromatic rings. The number of unbranched alkanes of at least 4 members (excludes halogenated alkanes) is 10. The number of anilines is 1. The molecule has 0 spiro atoms. The number of hydrogen-bond acceptors (Lipinski definition) is 2. The van der Waals surface area contributed by atoms with Gasteiger partial charge in [-0.15, -0.1) is 0 Å². The Morgan fingerprint density at radius 3 is 1.91 bits per heavy atom. The molecule has 33 heavy (non-hydrogen) atoms. The second-order valence-corrected chi connectivity index (χ2v) is 9.03. The maximum atomic E-state index is 13.0. The molecular formula is C29H42N2O2. The quantitative estimate of drug-likeness (QED) is 0.268. The maximum Gasteiger partial charge on any atom is 0.256 e. The lowest BCUT2D eigenvalue weighted by Gasteiger charge is -2.19. The third kappa shape index (κ3) is 10.7. The van der Waals surface area contributed by atoms with Crippen LogP contribution in [0.15, 0.2) is 54.6 Å². The fourth-order valence-electron chi connectivity index (χ4n) is 4.08. The first-order valence-electron chi connectivity index (χ1n) is 12.8. The minimum absolute atomic E-state index is 0.0168. The third-order valence-electron chi connectivity index (χ3n) is 6.05. The molecule has 180 valence electrons. The molecule has 0 aliphatic heterocycles. The molecular weight excluding hydrogens is 408 g/mol. The summed E-state index contributed by atoms with van der Waals surface area (Å²) in [5, 5.41) is 2.96. The summed E-state index contributed by atoms with van der Waals surface area (Å²) in [6, 6.07) is 17.2. The second kappa shape index (κ2) is 16.1. The zero-order chi connectivity index (χ0) is 23.7. The first kappa shape index (κ1) is 26.6. The van der Waals surface area contributed by atoms with Gasteiger partial charge in [-0.05, 0) is 24.1 Å². The van der Waals surface area contributed by atoms with E-state index in [0.717, 1.165) is 18.4 Å². The van der Waals surface area contributed by atoms with Gasteiger partial charge >= 0.3 is 0 Å². The highest BCUT2D eigenvalue weighted by Crippen LogP contribution is 2.19. The Morgan fingerprint density at radius 2 is 1.27 bits per heavy atom. The van der Waals surface area contributed by atoms with Crippen LogP contribution in [0.2, 0.25) is 0 Å². The van der Waals surface area contributed by atoms with E-state index in [9.17, 15) is 9.59 Å². The number of rotatable bonds is 16. The van der Waals surface area contributed by atoms with Crippen molar-refractivity contribution in [2.75, 3.05) is 12.4 Å². The molecule has 2 rings (SSSR count). The molecule has 2 amide bonds. The Kier molecular flexibility index (Phi) is 13.0. The summed E-state index contributed by atoms with van der Waals surface area (Å²) in [5.41, 5.74) is 2.20. The first-order chi connectivity index (χ1) is 16.1. The summed E-state index contributed by atoms with van der Waals surface area (Å²) >= 11 is 0. The van der Waals surface area contributed by atoms with Crippen LogP contribution in [0.4, 0.5) is 5.69 Å². The Labute approximate surface area is 200 Å². The van der Waals surface area contributed by atoms with Gasteiger partial charge in [-0.2, -0.15) is 0 Å². The van der Waals surface area contributed by atoms with E-state index in [1.54, 1.807) is 18.0 Å². The molecule has 0 saturated carbocycles. The number of carbonyl (C=O) groups excluding carboxylic acids is 2. The van der Waals surface area contributed by atoms with Crippen LogP contribution in [0.25, 0.3) is 0 Å². The fraction of sp³-hybridized carbons (Fsp3) is 0.517. The van der Waals surface area contributed by atoms with Gasteiger partial charge in [0.05, 0.1) is 11.3 Å². The number of amides is 2. The summed E-state index contributed by atoms with van der Waals surface area (Å²) in [6.45, 7) is 2.78. The number of nitrogens with one attached hydrogen (secondary N) is 1. The Hall–Kier alpha value is -2.62. The molecule has 0 heterocycles. The molecule has 0 aliphatic rings. The molecule has 0 aliphatic carbocycles. The minimum Gasteiger partial charge on any atom is -0.337 e. The van der Waals surface area contributed by atoms with Crippen LogP contribution in [-0.2, 0) is 11.3 Å². The van der Waals surface area contributed by atoms with E-state index in [1.165, 1.54) is 57.8 Å². The van der Waals surface area contributed by atoms with E-state index < -0.39 is 0 Å². The van der Waals surface area contributed by atoms with E-state index in [0.29, 0.717) is 24.2 Å². The Bertz CT molecular complexity index is 819. The summed E-state index contributed by atoms with van der Waals surface area (Å²) in [7, 11) is 1.79. The van der Waals surface area contributed by atoms with Gasteiger partial charge in [-0.25, -0.2) is 0 Å². The lowest BCUT2D eigenvalue weighted by atomic mass is 10.1. The minimum atomic E-state index is -0.0931. The SMILES string of the molecule is CCCCCCCCCCCCCC(=O)Nc1ccccc1C(=O)N(C)Cc1ccccc1. The van der Waals surface area contributed by atoms with Gasteiger partial charge in [0.2, 0.25) is 5.91 Å². The van der Waals surface area contributed by atoms with Gasteiger partial charge < -0.3 is 10.2 Å². The molecule has 0 unspecified atom stereocenters. The number of hydrogen-bond donors (Lipinski definition) is 1. The average molecular weight is 451 g/mol. The topological polar surface area (TPSA) is 49.4 Å². The highest BCUT2D eigenvalue weighted by atomic mass is 16.2. The smallest absolute Gasteiger partial charge is 0.256 e. The molecule has 0 atom stereocenters. The van der Waals surface area contributed by atoms with Crippen molar-refractivity contribution in [3.63, 3.8) is 0 Å². The van der Waals surface area contributed by atoms with Gasteiger partial charge in [0, 0.05) is 20.0 Å². The molecule has 4 nitrogen and oxygen atoms in total. The van der Waals surface area contributed by atoms with Crippen molar-refractivity contribution in [2.45, 2.75) is 90.5 Å². The highest BCUT2D eigenvalue weighted by molar-refractivity contribution is 6.03. The predicted octanol–water partition coefficient (Wildman–Crippen LogP) is 7.60. The standard InChI is InChI=1S/C29H42N2O2/c1-3-4-5-6-7-8-9-10-11-12-16-23-28(32)30-27-22-18-17-21-26(27)29(33)31(2)24-25-19-14-13-15-20-25/h13-15,17-22H,3-12,16,23-24H2,1-2H3,(H,30,32). The van der Waals surface area contributed by atoms with Crippen LogP contribution in [-0.4, -0.2) is 23.8 Å². The van der Waals surface area contributed by atoms with Crippen LogP contribution in [0.5, 0.6) is 0 Å². The lowest BCUT2D eigenvalue weighted by Crippen LogP contribution is -2.27. The van der Waals surface area contributed by atoms with Crippen LogP contribution in [0.1, 0.15) is 99.9 Å². The molecule has 2 aromatic carbocycles. The summed E-state index contributed by atoms with van der Waals surface area (Å²) in [6.07, 6.45) is 14.4. The maximum absolute atomic E-state index is 13.0. The van der Waals surface area contributed by atoms with Crippen molar-refractivity contribution in [3.05, 3.63) is 65.7 Å². The summed E-state index contributed by atoms with van der Waals surface area (Å²) in [4.78, 5) is 27.1. The van der Waals surface area contributed by atoms with Crippen molar-refractivity contribution in [3.8, 4) is 0 Å². The van der Waals surface area contributed by atoms with E-state index in [4.69, 9.17) is 0 Å². The van der Waals surface area contributed by atoms with E-state index in [-0.39, 0.29) is 11.8 Å². The van der Waals surface area contributed by atoms with Crippen molar-refractivity contribution in [2.24, 2.45) is 0 Å². The van der Waals surface area contributed by atoms with Crippen LogP contribution >= 0.6 is 0 Å². The summed E-state index contributed by atoms with van der Waals surface area (Å²) in [5.74, 6) is -0.110. The normalized spacial score (nSPS) is 10.7. The van der Waals surface area contributed by atoms with Crippen molar-refractivity contribution in [1.29, 1.82) is 0 Å². The van der Waals surface area contributed by atoms with Gasteiger partial charge in [0.15, 0.2) is 0 Å². The fourth-order valence-corrected chi connectivity index (χ4v) is 4.08. The lowest BCUT2D eigenvalue weighted by molar-refractivity contribution is -0.116. The molecule has 4 heteroatoms. The van der Waals surface area contributed by atoms with Gasteiger partial charge in [0.25, 0.3) is 5.91 Å². The second-order valence-electron chi connectivity index (χ2n) is 9.03. The van der Waals surface area contributed by atoms with E-state index >= 15 is 0 Å². The monoisotopic (exact) mass is 450 g/mol. The van der Waals surface area contributed by atoms with Crippen molar-refractivity contribution >= 4 is 17.5 Å². The van der Waals surface area contributed by atoms with Crippen molar-refractivity contribution < 1.29 is 9.59 Å². The molecule has 1 N–H and O–H groups in total.